The van der Waals surface area contributed by atoms with Gasteiger partial charge in [-0.1, -0.05) is 36.6 Å². The number of thiol groups is 2. The van der Waals surface area contributed by atoms with Crippen LogP contribution in [0.1, 0.15) is 5.56 Å². The van der Waals surface area contributed by atoms with Crippen molar-refractivity contribution in [2.45, 2.75) is 6.92 Å². The molecule has 7 nitrogen and oxygen atoms in total. The second-order valence-electron chi connectivity index (χ2n) is 2.99. The third kappa shape index (κ3) is 20.2. The Morgan fingerprint density at radius 3 is 2.00 bits per heavy atom. The molecule has 0 heterocycles. The number of ether oxygens (including phenoxy) is 1. The lowest BCUT2D eigenvalue weighted by Crippen LogP contribution is -2.21. The lowest BCUT2D eigenvalue weighted by molar-refractivity contribution is 0.203. The zero-order valence-corrected chi connectivity index (χ0v) is 14.3. The molecule has 11 heteroatoms. The van der Waals surface area contributed by atoms with Gasteiger partial charge in [-0.25, -0.2) is 4.79 Å². The van der Waals surface area contributed by atoms with Crippen LogP contribution in [0, 0.1) is 6.92 Å². The predicted molar refractivity (Wildman–Crippen MR) is 86.9 cm³/mol. The first-order valence-electron chi connectivity index (χ1n) is 4.88. The Labute approximate surface area is 130 Å². The molecule has 116 valence electrons. The van der Waals surface area contributed by atoms with Crippen LogP contribution in [0.5, 0.6) is 5.75 Å². The zero-order chi connectivity index (χ0) is 16.1. The van der Waals surface area contributed by atoms with E-state index in [2.05, 4.69) is 29.8 Å². The maximum atomic E-state index is 10.8. The molecule has 0 fully saturated rings. The molecule has 0 saturated heterocycles. The first kappa shape index (κ1) is 22.2. The number of amides is 1. The van der Waals surface area contributed by atoms with Gasteiger partial charge in [0.15, 0.2) is 0 Å². The van der Waals surface area contributed by atoms with E-state index in [0.29, 0.717) is 5.75 Å². The molecule has 20 heavy (non-hydrogen) atoms. The maximum Gasteiger partial charge on any atom is 0.412 e. The largest absolute Gasteiger partial charge is 0.412 e. The SMILES string of the molecule is CNC(=O)Oc1cccc(C)c1.OP(O)S.OP(O)S. The summed E-state index contributed by atoms with van der Waals surface area (Å²) in [6.07, 6.45) is -0.444. The Morgan fingerprint density at radius 1 is 1.20 bits per heavy atom. The van der Waals surface area contributed by atoms with Crippen molar-refractivity contribution in [1.29, 1.82) is 0 Å². The second-order valence-corrected chi connectivity index (χ2v) is 6.21. The Bertz CT molecular complexity index is 372. The standard InChI is InChI=1S/C9H11NO2.2H3O2PS/c1-7-4-3-5-8(6-7)12-9(11)10-2;2*1-3(2)4/h3-6H,1-2H3,(H,10,11);2*1-2,4H. The van der Waals surface area contributed by atoms with Gasteiger partial charge in [0.2, 0.25) is 15.2 Å². The molecule has 1 rings (SSSR count). The van der Waals surface area contributed by atoms with Crippen LogP contribution in [0.2, 0.25) is 0 Å². The van der Waals surface area contributed by atoms with Crippen LogP contribution in [0.25, 0.3) is 0 Å². The molecule has 0 unspecified atom stereocenters. The van der Waals surface area contributed by atoms with E-state index in [4.69, 9.17) is 24.3 Å². The van der Waals surface area contributed by atoms with E-state index in [1.54, 1.807) is 12.1 Å². The number of aryl methyl sites for hydroxylation is 1. The fraction of sp³-hybridized carbons (Fsp3) is 0.222. The summed E-state index contributed by atoms with van der Waals surface area (Å²) >= 11 is 6.28. The summed E-state index contributed by atoms with van der Waals surface area (Å²) in [7, 11) is -2.33. The zero-order valence-electron chi connectivity index (χ0n) is 10.7. The molecule has 0 aliphatic carbocycles. The van der Waals surface area contributed by atoms with Crippen LogP contribution in [-0.4, -0.2) is 32.7 Å². The van der Waals surface area contributed by atoms with E-state index >= 15 is 0 Å². The van der Waals surface area contributed by atoms with Crippen molar-refractivity contribution >= 4 is 45.7 Å². The minimum absolute atomic E-state index is 0.444. The van der Waals surface area contributed by atoms with Gasteiger partial charge in [0.25, 0.3) is 0 Å². The number of nitrogens with one attached hydrogen (secondary N) is 1. The van der Waals surface area contributed by atoms with Gasteiger partial charge >= 0.3 is 6.09 Å². The van der Waals surface area contributed by atoms with Crippen molar-refractivity contribution in [2.75, 3.05) is 7.05 Å². The molecule has 0 radical (unpaired) electrons. The molecule has 0 aliphatic heterocycles. The van der Waals surface area contributed by atoms with Crippen molar-refractivity contribution in [3.05, 3.63) is 29.8 Å². The topological polar surface area (TPSA) is 119 Å². The molecular formula is C9H17NO6P2S2. The molecule has 0 aliphatic rings. The van der Waals surface area contributed by atoms with Gasteiger partial charge in [-0.3, -0.25) is 0 Å². The smallest absolute Gasteiger partial charge is 0.410 e. The second kappa shape index (κ2) is 13.9. The number of hydrogen-bond acceptors (Lipinski definition) is 8. The Hall–Kier alpha value is -0.110. The highest BCUT2D eigenvalue weighted by atomic mass is 32.7. The van der Waals surface area contributed by atoms with Gasteiger partial charge in [0.05, 0.1) is 0 Å². The highest BCUT2D eigenvalue weighted by Gasteiger charge is 1.99. The third-order valence-electron chi connectivity index (χ3n) is 1.40. The highest BCUT2D eigenvalue weighted by molar-refractivity contribution is 8.41. The molecule has 0 aromatic heterocycles. The minimum atomic E-state index is -1.93. The van der Waals surface area contributed by atoms with Gasteiger partial charge in [-0.15, -0.1) is 0 Å². The van der Waals surface area contributed by atoms with Gasteiger partial charge in [-0.05, 0) is 24.6 Å². The van der Waals surface area contributed by atoms with Crippen LogP contribution in [-0.2, 0) is 0 Å². The predicted octanol–water partition coefficient (Wildman–Crippen LogP) is 1.97. The van der Waals surface area contributed by atoms with E-state index in [1.165, 1.54) is 7.05 Å². The molecule has 1 aromatic carbocycles. The number of carbonyl (C=O) groups excluding carboxylic acids is 1. The normalized spacial score (nSPS) is 9.10. The van der Waals surface area contributed by atoms with Gasteiger partial charge in [0.1, 0.15) is 5.75 Å². The van der Waals surface area contributed by atoms with Crippen molar-refractivity contribution in [3.63, 3.8) is 0 Å². The first-order chi connectivity index (χ1) is 9.18. The van der Waals surface area contributed by atoms with E-state index in [1.807, 2.05) is 19.1 Å². The summed E-state index contributed by atoms with van der Waals surface area (Å²) in [6.45, 7) is 1.94. The summed E-state index contributed by atoms with van der Waals surface area (Å²) in [6, 6.07) is 7.32. The van der Waals surface area contributed by atoms with Crippen LogP contribution in [0.3, 0.4) is 0 Å². The molecule has 1 aromatic rings. The molecule has 0 bridgehead atoms. The average Bonchev–Trinajstić information content (AvgIpc) is 2.27. The first-order valence-corrected chi connectivity index (χ1v) is 9.68. The van der Waals surface area contributed by atoms with Crippen LogP contribution in [0.4, 0.5) is 4.79 Å². The summed E-state index contributed by atoms with van der Waals surface area (Å²) in [4.78, 5) is 40.9. The minimum Gasteiger partial charge on any atom is -0.410 e. The maximum absolute atomic E-state index is 10.8. The van der Waals surface area contributed by atoms with Gasteiger partial charge < -0.3 is 29.6 Å². The van der Waals surface area contributed by atoms with Crippen molar-refractivity contribution in [1.82, 2.24) is 5.32 Å². The molecule has 0 atom stereocenters. The number of hydrogen-bond donors (Lipinski definition) is 7. The molecule has 0 spiro atoms. The summed E-state index contributed by atoms with van der Waals surface area (Å²) in [5, 5.41) is 2.37. The Kier molecular flexibility index (Phi) is 15.4. The van der Waals surface area contributed by atoms with Crippen LogP contribution < -0.4 is 10.1 Å². The fourth-order valence-corrected chi connectivity index (χ4v) is 0.837. The van der Waals surface area contributed by atoms with E-state index in [9.17, 15) is 4.79 Å². The van der Waals surface area contributed by atoms with Crippen molar-refractivity contribution in [2.24, 2.45) is 0 Å². The Morgan fingerprint density at radius 2 is 1.65 bits per heavy atom. The van der Waals surface area contributed by atoms with Crippen molar-refractivity contribution < 1.29 is 29.1 Å². The highest BCUT2D eigenvalue weighted by Crippen LogP contribution is 2.27. The third-order valence-corrected chi connectivity index (χ3v) is 1.40. The molecule has 1 amide bonds. The van der Waals surface area contributed by atoms with E-state index in [-0.39, 0.29) is 0 Å². The lowest BCUT2D eigenvalue weighted by Gasteiger charge is -2.02. The lowest BCUT2D eigenvalue weighted by atomic mass is 10.2. The Balaban J connectivity index is 0. The fourth-order valence-electron chi connectivity index (χ4n) is 0.837. The average molecular weight is 361 g/mol. The number of rotatable bonds is 1. The number of benzene rings is 1. The molecule has 5 N–H and O–H groups in total. The van der Waals surface area contributed by atoms with Crippen molar-refractivity contribution in [3.8, 4) is 5.75 Å². The molecular weight excluding hydrogens is 344 g/mol. The molecule has 0 saturated carbocycles. The summed E-state index contributed by atoms with van der Waals surface area (Å²) < 4.78 is 4.89. The summed E-state index contributed by atoms with van der Waals surface area (Å²) in [5.41, 5.74) is 1.07. The quantitative estimate of drug-likeness (QED) is 0.304. The summed E-state index contributed by atoms with van der Waals surface area (Å²) in [5.74, 6) is 0.564. The van der Waals surface area contributed by atoms with Gasteiger partial charge in [0, 0.05) is 7.05 Å². The number of carbonyl (C=O) groups is 1. The van der Waals surface area contributed by atoms with Crippen LogP contribution >= 0.6 is 39.7 Å². The van der Waals surface area contributed by atoms with Crippen LogP contribution in [0.15, 0.2) is 24.3 Å². The van der Waals surface area contributed by atoms with E-state index < -0.39 is 21.2 Å². The van der Waals surface area contributed by atoms with E-state index in [0.717, 1.165) is 5.56 Å². The van der Waals surface area contributed by atoms with Gasteiger partial charge in [-0.2, -0.15) is 0 Å². The monoisotopic (exact) mass is 361 g/mol.